The Bertz CT molecular complexity index is 1220. The third kappa shape index (κ3) is 2.87. The highest BCUT2D eigenvalue weighted by Crippen LogP contribution is 2.32. The SMILES string of the molecule is O=C(Nc1ccc(-c2onc3ccc(-c4noc(=O)[nH]4)cc23)cc1)C1CNC1. The molecule has 1 aliphatic rings. The standard InChI is InChI=1S/C19H15N5O4/c25-18(12-8-20-9-12)21-13-4-1-10(2-5-13)16-14-7-11(3-6-15(14)23-27-16)17-22-19(26)28-24-17/h1-7,12,20H,8-9H2,(H,21,25)(H,22,24,26). The topological polar surface area (TPSA) is 126 Å². The van der Waals surface area contributed by atoms with Gasteiger partial charge in [-0.25, -0.2) is 4.79 Å². The third-order valence-electron chi connectivity index (χ3n) is 4.76. The Kier molecular flexibility index (Phi) is 3.80. The Labute approximate surface area is 157 Å². The lowest BCUT2D eigenvalue weighted by Crippen LogP contribution is -2.48. The summed E-state index contributed by atoms with van der Waals surface area (Å²) in [7, 11) is 0. The van der Waals surface area contributed by atoms with Gasteiger partial charge in [0.15, 0.2) is 11.6 Å². The molecule has 28 heavy (non-hydrogen) atoms. The third-order valence-corrected chi connectivity index (χ3v) is 4.76. The Morgan fingerprint density at radius 3 is 2.50 bits per heavy atom. The minimum atomic E-state index is -0.615. The zero-order valence-corrected chi connectivity index (χ0v) is 14.6. The van der Waals surface area contributed by atoms with Crippen molar-refractivity contribution >= 4 is 22.5 Å². The average molecular weight is 377 g/mol. The Morgan fingerprint density at radius 1 is 1.04 bits per heavy atom. The first-order valence-electron chi connectivity index (χ1n) is 8.75. The predicted molar refractivity (Wildman–Crippen MR) is 101 cm³/mol. The summed E-state index contributed by atoms with van der Waals surface area (Å²) in [5.74, 6) is 0.351. The highest BCUT2D eigenvalue weighted by Gasteiger charge is 2.24. The monoisotopic (exact) mass is 377 g/mol. The molecule has 2 aromatic heterocycles. The lowest BCUT2D eigenvalue weighted by Gasteiger charge is -2.25. The Morgan fingerprint density at radius 2 is 1.82 bits per heavy atom. The van der Waals surface area contributed by atoms with E-state index in [0.29, 0.717) is 35.8 Å². The first-order chi connectivity index (χ1) is 13.7. The van der Waals surface area contributed by atoms with E-state index < -0.39 is 5.76 Å². The lowest BCUT2D eigenvalue weighted by atomic mass is 10.0. The van der Waals surface area contributed by atoms with Gasteiger partial charge in [0.25, 0.3) is 0 Å². The molecule has 1 fully saturated rings. The van der Waals surface area contributed by atoms with Crippen molar-refractivity contribution in [3.8, 4) is 22.7 Å². The van der Waals surface area contributed by atoms with Crippen LogP contribution in [0, 0.1) is 5.92 Å². The summed E-state index contributed by atoms with van der Waals surface area (Å²) < 4.78 is 10.1. The summed E-state index contributed by atoms with van der Waals surface area (Å²) in [5.41, 5.74) is 2.90. The minimum absolute atomic E-state index is 0.0165. The Balaban J connectivity index is 1.45. The molecular weight excluding hydrogens is 362 g/mol. The highest BCUT2D eigenvalue weighted by atomic mass is 16.5. The molecule has 1 aliphatic heterocycles. The molecule has 140 valence electrons. The maximum Gasteiger partial charge on any atom is 0.439 e. The molecule has 1 saturated heterocycles. The predicted octanol–water partition coefficient (Wildman–Crippen LogP) is 2.00. The highest BCUT2D eigenvalue weighted by molar-refractivity contribution is 5.95. The van der Waals surface area contributed by atoms with Crippen molar-refractivity contribution in [3.63, 3.8) is 0 Å². The van der Waals surface area contributed by atoms with Gasteiger partial charge in [0, 0.05) is 29.9 Å². The van der Waals surface area contributed by atoms with Crippen LogP contribution in [0.25, 0.3) is 33.6 Å². The molecule has 5 rings (SSSR count). The first kappa shape index (κ1) is 16.5. The molecule has 0 atom stereocenters. The summed E-state index contributed by atoms with van der Waals surface area (Å²) in [6.07, 6.45) is 0. The molecule has 9 nitrogen and oxygen atoms in total. The number of H-pyrrole nitrogens is 1. The molecule has 9 heteroatoms. The average Bonchev–Trinajstić information content (AvgIpc) is 3.26. The van der Waals surface area contributed by atoms with Crippen molar-refractivity contribution in [2.45, 2.75) is 0 Å². The number of carbonyl (C=O) groups excluding carboxylic acids is 1. The fourth-order valence-electron chi connectivity index (χ4n) is 3.07. The van der Waals surface area contributed by atoms with Crippen molar-refractivity contribution in [1.29, 1.82) is 0 Å². The van der Waals surface area contributed by atoms with Gasteiger partial charge in [-0.15, -0.1) is 0 Å². The van der Waals surface area contributed by atoms with Gasteiger partial charge in [0.05, 0.1) is 11.3 Å². The maximum atomic E-state index is 12.0. The fraction of sp³-hybridized carbons (Fsp3) is 0.158. The number of anilines is 1. The number of nitrogens with zero attached hydrogens (tertiary/aromatic N) is 2. The van der Waals surface area contributed by atoms with Gasteiger partial charge in [0.1, 0.15) is 5.52 Å². The molecule has 0 unspecified atom stereocenters. The van der Waals surface area contributed by atoms with Crippen molar-refractivity contribution in [1.82, 2.24) is 20.6 Å². The molecule has 0 aliphatic carbocycles. The van der Waals surface area contributed by atoms with E-state index in [1.54, 1.807) is 12.1 Å². The lowest BCUT2D eigenvalue weighted by molar-refractivity contribution is -0.121. The number of carbonyl (C=O) groups is 1. The fourth-order valence-corrected chi connectivity index (χ4v) is 3.07. The number of hydrogen-bond donors (Lipinski definition) is 3. The normalized spacial score (nSPS) is 14.1. The largest absolute Gasteiger partial charge is 0.439 e. The van der Waals surface area contributed by atoms with E-state index in [4.69, 9.17) is 4.52 Å². The molecule has 0 bridgehead atoms. The second kappa shape index (κ2) is 6.46. The van der Waals surface area contributed by atoms with Crippen molar-refractivity contribution < 1.29 is 13.8 Å². The van der Waals surface area contributed by atoms with Gasteiger partial charge in [-0.3, -0.25) is 14.3 Å². The van der Waals surface area contributed by atoms with E-state index in [1.807, 2.05) is 30.3 Å². The van der Waals surface area contributed by atoms with Crippen LogP contribution in [0.3, 0.4) is 0 Å². The molecule has 0 radical (unpaired) electrons. The van der Waals surface area contributed by atoms with Crippen molar-refractivity contribution in [2.24, 2.45) is 5.92 Å². The number of aromatic amines is 1. The number of amides is 1. The van der Waals surface area contributed by atoms with E-state index in [2.05, 4.69) is 30.5 Å². The minimum Gasteiger partial charge on any atom is -0.355 e. The van der Waals surface area contributed by atoms with Crippen LogP contribution in [0.5, 0.6) is 0 Å². The van der Waals surface area contributed by atoms with E-state index in [1.165, 1.54) is 0 Å². The van der Waals surface area contributed by atoms with Crippen LogP contribution in [0.4, 0.5) is 5.69 Å². The molecule has 2 aromatic carbocycles. The Hall–Kier alpha value is -3.72. The number of rotatable bonds is 4. The van der Waals surface area contributed by atoms with Crippen LogP contribution < -0.4 is 16.4 Å². The smallest absolute Gasteiger partial charge is 0.355 e. The molecule has 1 amide bonds. The molecule has 3 N–H and O–H groups in total. The number of aromatic nitrogens is 3. The summed E-state index contributed by atoms with van der Waals surface area (Å²) in [5, 5.41) is 14.6. The zero-order chi connectivity index (χ0) is 19.1. The summed E-state index contributed by atoms with van der Waals surface area (Å²) in [4.78, 5) is 25.8. The number of fused-ring (bicyclic) bond motifs is 1. The van der Waals surface area contributed by atoms with E-state index in [9.17, 15) is 9.59 Å². The van der Waals surface area contributed by atoms with Crippen LogP contribution >= 0.6 is 0 Å². The summed E-state index contributed by atoms with van der Waals surface area (Å²) in [6.45, 7) is 1.43. The number of nitrogens with one attached hydrogen (secondary N) is 3. The van der Waals surface area contributed by atoms with Gasteiger partial charge in [-0.05, 0) is 42.5 Å². The second-order valence-corrected chi connectivity index (χ2v) is 6.61. The molecule has 4 aromatic rings. The number of benzene rings is 2. The van der Waals surface area contributed by atoms with Gasteiger partial charge in [0.2, 0.25) is 5.91 Å². The van der Waals surface area contributed by atoms with Crippen LogP contribution in [0.15, 0.2) is 56.3 Å². The van der Waals surface area contributed by atoms with Gasteiger partial charge >= 0.3 is 5.76 Å². The zero-order valence-electron chi connectivity index (χ0n) is 14.6. The second-order valence-electron chi connectivity index (χ2n) is 6.61. The maximum absolute atomic E-state index is 12.0. The summed E-state index contributed by atoms with van der Waals surface area (Å²) in [6, 6.07) is 12.8. The van der Waals surface area contributed by atoms with Crippen LogP contribution in [0.1, 0.15) is 0 Å². The van der Waals surface area contributed by atoms with Crippen molar-refractivity contribution in [2.75, 3.05) is 18.4 Å². The molecule has 0 spiro atoms. The van der Waals surface area contributed by atoms with Crippen LogP contribution in [-0.2, 0) is 4.79 Å². The molecule has 3 heterocycles. The van der Waals surface area contributed by atoms with E-state index in [0.717, 1.165) is 16.6 Å². The van der Waals surface area contributed by atoms with Crippen LogP contribution in [-0.4, -0.2) is 34.3 Å². The number of hydrogen-bond acceptors (Lipinski definition) is 7. The van der Waals surface area contributed by atoms with E-state index >= 15 is 0 Å². The first-order valence-corrected chi connectivity index (χ1v) is 8.75. The van der Waals surface area contributed by atoms with Gasteiger partial charge < -0.3 is 15.2 Å². The van der Waals surface area contributed by atoms with E-state index in [-0.39, 0.29) is 11.8 Å². The van der Waals surface area contributed by atoms with Gasteiger partial charge in [-0.2, -0.15) is 0 Å². The quantitative estimate of drug-likeness (QED) is 0.496. The van der Waals surface area contributed by atoms with Gasteiger partial charge in [-0.1, -0.05) is 10.3 Å². The van der Waals surface area contributed by atoms with Crippen molar-refractivity contribution in [3.05, 3.63) is 53.0 Å². The molecular formula is C19H15N5O4. The summed E-state index contributed by atoms with van der Waals surface area (Å²) >= 11 is 0. The van der Waals surface area contributed by atoms with Crippen LogP contribution in [0.2, 0.25) is 0 Å². The molecule has 0 saturated carbocycles.